The van der Waals surface area contributed by atoms with Crippen molar-refractivity contribution in [2.24, 2.45) is 0 Å². The van der Waals surface area contributed by atoms with Gasteiger partial charge in [0.25, 0.3) is 0 Å². The Morgan fingerprint density at radius 3 is 2.50 bits per heavy atom. The number of imidazole rings is 1. The second-order valence-corrected chi connectivity index (χ2v) is 4.70. The minimum Gasteiger partial charge on any atom is -0.493 e. The molecule has 0 fully saturated rings. The Kier molecular flexibility index (Phi) is 4.17. The maximum Gasteiger partial charge on any atom is 0.204 e. The average Bonchev–Trinajstić information content (AvgIpc) is 2.74. The molecule has 20 heavy (non-hydrogen) atoms. The molecule has 0 aliphatic heterocycles. The lowest BCUT2D eigenvalue weighted by Crippen LogP contribution is -2.07. The first-order valence-electron chi connectivity index (χ1n) is 6.61. The van der Waals surface area contributed by atoms with Gasteiger partial charge in [-0.3, -0.25) is 0 Å². The Hall–Kier alpha value is -2.17. The normalized spacial score (nSPS) is 10.6. The Labute approximate surface area is 119 Å². The molecule has 0 atom stereocenters. The maximum atomic E-state index is 5.36. The van der Waals surface area contributed by atoms with Crippen LogP contribution in [0.5, 0.6) is 11.5 Å². The molecule has 0 aliphatic carbocycles. The molecule has 0 unspecified atom stereocenters. The van der Waals surface area contributed by atoms with E-state index in [1.54, 1.807) is 14.2 Å². The van der Waals surface area contributed by atoms with Crippen LogP contribution in [-0.4, -0.2) is 30.3 Å². The van der Waals surface area contributed by atoms with Crippen LogP contribution in [0.25, 0.3) is 11.0 Å². The molecule has 1 heterocycles. The van der Waals surface area contributed by atoms with Gasteiger partial charge in [0.15, 0.2) is 11.5 Å². The molecule has 5 nitrogen and oxygen atoms in total. The monoisotopic (exact) mass is 275 g/mol. The highest BCUT2D eigenvalue weighted by molar-refractivity contribution is 5.83. The van der Waals surface area contributed by atoms with Crippen molar-refractivity contribution in [2.45, 2.75) is 20.4 Å². The molecular formula is C15H21N3O2. The molecule has 2 aromatic rings. The number of benzene rings is 1. The van der Waals surface area contributed by atoms with Gasteiger partial charge in [0.2, 0.25) is 5.95 Å². The van der Waals surface area contributed by atoms with Gasteiger partial charge in [-0.1, -0.05) is 12.2 Å². The summed E-state index contributed by atoms with van der Waals surface area (Å²) in [6.45, 7) is 9.56. The molecule has 0 bridgehead atoms. The van der Waals surface area contributed by atoms with E-state index < -0.39 is 0 Å². The lowest BCUT2D eigenvalue weighted by atomic mass is 10.2. The second-order valence-electron chi connectivity index (χ2n) is 4.70. The predicted octanol–water partition coefficient (Wildman–Crippen LogP) is 3.06. The molecule has 0 spiro atoms. The number of methoxy groups -OCH3 is 2. The summed E-state index contributed by atoms with van der Waals surface area (Å²) in [7, 11) is 3.26. The van der Waals surface area contributed by atoms with Crippen LogP contribution < -0.4 is 14.8 Å². The van der Waals surface area contributed by atoms with Crippen molar-refractivity contribution >= 4 is 17.0 Å². The molecular weight excluding hydrogens is 254 g/mol. The highest BCUT2D eigenvalue weighted by Gasteiger charge is 2.14. The second kappa shape index (κ2) is 5.86. The standard InChI is InChI=1S/C15H21N3O2/c1-6-16-15-17-11-7-13(19-4)14(20-5)8-12(11)18(15)9-10(2)3/h7-8H,2,6,9H2,1,3-5H3,(H,16,17). The minimum absolute atomic E-state index is 0.683. The number of ether oxygens (including phenoxy) is 2. The number of hydrogen-bond acceptors (Lipinski definition) is 4. The summed E-state index contributed by atoms with van der Waals surface area (Å²) in [4.78, 5) is 4.61. The number of aromatic nitrogens is 2. The molecule has 0 aliphatic rings. The highest BCUT2D eigenvalue weighted by atomic mass is 16.5. The summed E-state index contributed by atoms with van der Waals surface area (Å²) < 4.78 is 12.8. The van der Waals surface area contributed by atoms with Gasteiger partial charge in [-0.2, -0.15) is 0 Å². The molecule has 0 saturated carbocycles. The summed E-state index contributed by atoms with van der Waals surface area (Å²) in [6.07, 6.45) is 0. The molecule has 1 aromatic heterocycles. The number of nitrogens with zero attached hydrogens (tertiary/aromatic N) is 2. The van der Waals surface area contributed by atoms with Gasteiger partial charge in [-0.15, -0.1) is 0 Å². The van der Waals surface area contributed by atoms with Crippen molar-refractivity contribution in [3.63, 3.8) is 0 Å². The Morgan fingerprint density at radius 2 is 1.95 bits per heavy atom. The SMILES string of the molecule is C=C(C)Cn1c(NCC)nc2cc(OC)c(OC)cc21. The van der Waals surface area contributed by atoms with Crippen LogP contribution in [0.4, 0.5) is 5.95 Å². The quantitative estimate of drug-likeness (QED) is 0.823. The van der Waals surface area contributed by atoms with E-state index in [-0.39, 0.29) is 0 Å². The smallest absolute Gasteiger partial charge is 0.204 e. The molecule has 1 aromatic carbocycles. The Bertz CT molecular complexity index is 632. The fourth-order valence-electron chi connectivity index (χ4n) is 2.17. The number of rotatable bonds is 6. The van der Waals surface area contributed by atoms with Gasteiger partial charge < -0.3 is 19.4 Å². The van der Waals surface area contributed by atoms with E-state index in [1.807, 2.05) is 26.0 Å². The molecule has 0 saturated heterocycles. The van der Waals surface area contributed by atoms with Crippen LogP contribution in [0.15, 0.2) is 24.3 Å². The van der Waals surface area contributed by atoms with E-state index in [0.29, 0.717) is 18.0 Å². The van der Waals surface area contributed by atoms with Crippen LogP contribution in [0, 0.1) is 0 Å². The van der Waals surface area contributed by atoms with Gasteiger partial charge in [-0.25, -0.2) is 4.98 Å². The van der Waals surface area contributed by atoms with E-state index in [9.17, 15) is 0 Å². The van der Waals surface area contributed by atoms with Gasteiger partial charge in [0.05, 0.1) is 25.3 Å². The van der Waals surface area contributed by atoms with Gasteiger partial charge >= 0.3 is 0 Å². The van der Waals surface area contributed by atoms with E-state index >= 15 is 0 Å². The van der Waals surface area contributed by atoms with Gasteiger partial charge in [0.1, 0.15) is 0 Å². The summed E-state index contributed by atoms with van der Waals surface area (Å²) >= 11 is 0. The Balaban J connectivity index is 2.64. The van der Waals surface area contributed by atoms with Crippen LogP contribution in [-0.2, 0) is 6.54 Å². The molecule has 2 rings (SSSR count). The van der Waals surface area contributed by atoms with E-state index in [2.05, 4.69) is 21.4 Å². The van der Waals surface area contributed by atoms with Crippen molar-refractivity contribution < 1.29 is 9.47 Å². The van der Waals surface area contributed by atoms with Crippen molar-refractivity contribution in [3.05, 3.63) is 24.3 Å². The molecule has 1 N–H and O–H groups in total. The summed E-state index contributed by atoms with van der Waals surface area (Å²) in [5.74, 6) is 2.22. The van der Waals surface area contributed by atoms with Crippen LogP contribution in [0.1, 0.15) is 13.8 Å². The van der Waals surface area contributed by atoms with Crippen molar-refractivity contribution in [3.8, 4) is 11.5 Å². The van der Waals surface area contributed by atoms with Crippen molar-refractivity contribution in [2.75, 3.05) is 26.1 Å². The van der Waals surface area contributed by atoms with Gasteiger partial charge in [-0.05, 0) is 13.8 Å². The van der Waals surface area contributed by atoms with Gasteiger partial charge in [0, 0.05) is 25.2 Å². The molecule has 0 radical (unpaired) electrons. The number of hydrogen-bond donors (Lipinski definition) is 1. The summed E-state index contributed by atoms with van der Waals surface area (Å²) in [5, 5.41) is 3.27. The summed E-state index contributed by atoms with van der Waals surface area (Å²) in [5.41, 5.74) is 2.94. The first kappa shape index (κ1) is 14.2. The molecule has 0 amide bonds. The fraction of sp³-hybridized carbons (Fsp3) is 0.400. The largest absolute Gasteiger partial charge is 0.493 e. The lowest BCUT2D eigenvalue weighted by Gasteiger charge is -2.11. The first-order valence-corrected chi connectivity index (χ1v) is 6.61. The minimum atomic E-state index is 0.683. The third-order valence-corrected chi connectivity index (χ3v) is 3.02. The van der Waals surface area contributed by atoms with E-state index in [1.165, 1.54) is 0 Å². The van der Waals surface area contributed by atoms with Crippen molar-refractivity contribution in [1.29, 1.82) is 0 Å². The number of allylic oxidation sites excluding steroid dienone is 1. The van der Waals surface area contributed by atoms with Crippen LogP contribution in [0.2, 0.25) is 0 Å². The zero-order chi connectivity index (χ0) is 14.7. The van der Waals surface area contributed by atoms with Crippen LogP contribution >= 0.6 is 0 Å². The van der Waals surface area contributed by atoms with E-state index in [4.69, 9.17) is 9.47 Å². The summed E-state index contributed by atoms with van der Waals surface area (Å²) in [6, 6.07) is 3.84. The van der Waals surface area contributed by atoms with E-state index in [0.717, 1.165) is 29.1 Å². The fourth-order valence-corrected chi connectivity index (χ4v) is 2.17. The highest BCUT2D eigenvalue weighted by Crippen LogP contribution is 2.33. The first-order chi connectivity index (χ1) is 9.60. The third-order valence-electron chi connectivity index (χ3n) is 3.02. The van der Waals surface area contributed by atoms with Crippen molar-refractivity contribution in [1.82, 2.24) is 9.55 Å². The number of nitrogens with one attached hydrogen (secondary N) is 1. The zero-order valence-electron chi connectivity index (χ0n) is 12.5. The Morgan fingerprint density at radius 1 is 1.30 bits per heavy atom. The third kappa shape index (κ3) is 2.57. The number of fused-ring (bicyclic) bond motifs is 1. The zero-order valence-corrected chi connectivity index (χ0v) is 12.5. The topological polar surface area (TPSA) is 48.3 Å². The molecule has 108 valence electrons. The maximum absolute atomic E-state index is 5.36. The number of anilines is 1. The molecule has 5 heteroatoms. The van der Waals surface area contributed by atoms with Crippen LogP contribution in [0.3, 0.4) is 0 Å². The lowest BCUT2D eigenvalue weighted by molar-refractivity contribution is 0.355. The average molecular weight is 275 g/mol. The predicted molar refractivity (Wildman–Crippen MR) is 81.8 cm³/mol.